The normalized spacial score (nSPS) is 14.8. The first kappa shape index (κ1) is 21.6. The number of urea groups is 1. The fourth-order valence-electron chi connectivity index (χ4n) is 2.97. The van der Waals surface area contributed by atoms with Crippen molar-refractivity contribution in [3.05, 3.63) is 75.9 Å². The molecule has 0 saturated carbocycles. The molecule has 0 bridgehead atoms. The molecule has 1 aliphatic heterocycles. The Labute approximate surface area is 184 Å². The predicted molar refractivity (Wildman–Crippen MR) is 119 cm³/mol. The maximum atomic E-state index is 12.8. The summed E-state index contributed by atoms with van der Waals surface area (Å²) in [5.41, 5.74) is 2.90. The van der Waals surface area contributed by atoms with E-state index in [2.05, 4.69) is 27.8 Å². The van der Waals surface area contributed by atoms with Crippen LogP contribution in [0.3, 0.4) is 0 Å². The van der Waals surface area contributed by atoms with Crippen molar-refractivity contribution < 1.29 is 19.1 Å². The Bertz CT molecular complexity index is 999. The van der Waals surface area contributed by atoms with Crippen LogP contribution in [0.4, 0.5) is 4.79 Å². The number of carbonyl (C=O) groups excluding carboxylic acids is 2. The number of imide groups is 1. The van der Waals surface area contributed by atoms with Crippen LogP contribution in [-0.2, 0) is 11.3 Å². The molecule has 1 aliphatic rings. The molecule has 1 fully saturated rings. The van der Waals surface area contributed by atoms with E-state index in [0.717, 1.165) is 11.1 Å². The maximum absolute atomic E-state index is 12.8. The van der Waals surface area contributed by atoms with Gasteiger partial charge in [0, 0.05) is 0 Å². The molecule has 0 aliphatic carbocycles. The van der Waals surface area contributed by atoms with E-state index >= 15 is 0 Å². The lowest BCUT2D eigenvalue weighted by atomic mass is 10.1. The lowest BCUT2D eigenvalue weighted by Crippen LogP contribution is -2.30. The van der Waals surface area contributed by atoms with Crippen molar-refractivity contribution in [2.45, 2.75) is 20.4 Å². The van der Waals surface area contributed by atoms with E-state index in [1.165, 1.54) is 4.90 Å². The van der Waals surface area contributed by atoms with Crippen LogP contribution in [0, 0.1) is 6.92 Å². The van der Waals surface area contributed by atoms with E-state index in [1.54, 1.807) is 24.3 Å². The average molecular weight is 471 g/mol. The predicted octanol–water partition coefficient (Wildman–Crippen LogP) is 4.81. The summed E-state index contributed by atoms with van der Waals surface area (Å²) < 4.78 is 12.0. The van der Waals surface area contributed by atoms with Crippen molar-refractivity contribution >= 4 is 33.9 Å². The number of amides is 3. The molecule has 0 spiro atoms. The van der Waals surface area contributed by atoms with Crippen LogP contribution in [-0.4, -0.2) is 30.1 Å². The van der Waals surface area contributed by atoms with Crippen LogP contribution in [0.15, 0.2) is 59.2 Å². The summed E-state index contributed by atoms with van der Waals surface area (Å²) in [4.78, 5) is 26.3. The van der Waals surface area contributed by atoms with Gasteiger partial charge in [-0.3, -0.25) is 9.69 Å². The van der Waals surface area contributed by atoms with Crippen LogP contribution in [0.5, 0.6) is 11.5 Å². The topological polar surface area (TPSA) is 67.9 Å². The molecule has 30 heavy (non-hydrogen) atoms. The summed E-state index contributed by atoms with van der Waals surface area (Å²) in [6.45, 7) is 8.52. The first-order valence-corrected chi connectivity index (χ1v) is 10.3. The molecule has 7 heteroatoms. The van der Waals surface area contributed by atoms with Gasteiger partial charge in [0.1, 0.15) is 12.3 Å². The first-order valence-electron chi connectivity index (χ1n) is 9.53. The highest BCUT2D eigenvalue weighted by atomic mass is 79.9. The van der Waals surface area contributed by atoms with Crippen molar-refractivity contribution in [3.63, 3.8) is 0 Å². The number of benzene rings is 2. The number of ether oxygens (including phenoxy) is 2. The van der Waals surface area contributed by atoms with Gasteiger partial charge in [-0.2, -0.15) is 0 Å². The molecule has 3 amide bonds. The molecule has 0 unspecified atom stereocenters. The highest BCUT2D eigenvalue weighted by molar-refractivity contribution is 9.10. The molecule has 0 atom stereocenters. The molecular weight excluding hydrogens is 448 g/mol. The number of nitrogens with one attached hydrogen (secondary N) is 1. The number of hydrogen-bond donors (Lipinski definition) is 1. The van der Waals surface area contributed by atoms with E-state index < -0.39 is 6.03 Å². The Kier molecular flexibility index (Phi) is 6.95. The van der Waals surface area contributed by atoms with Gasteiger partial charge in [-0.25, -0.2) is 4.79 Å². The highest BCUT2D eigenvalue weighted by Crippen LogP contribution is 2.37. The third-order valence-corrected chi connectivity index (χ3v) is 5.00. The van der Waals surface area contributed by atoms with Crippen molar-refractivity contribution in [3.8, 4) is 11.5 Å². The monoisotopic (exact) mass is 470 g/mol. The fourth-order valence-corrected chi connectivity index (χ4v) is 3.55. The zero-order valence-corrected chi connectivity index (χ0v) is 18.5. The Morgan fingerprint density at radius 2 is 1.90 bits per heavy atom. The Morgan fingerprint density at radius 3 is 2.57 bits per heavy atom. The highest BCUT2D eigenvalue weighted by Gasteiger charge is 2.33. The minimum absolute atomic E-state index is 0.209. The lowest BCUT2D eigenvalue weighted by molar-refractivity contribution is -0.123. The molecule has 0 radical (unpaired) electrons. The van der Waals surface area contributed by atoms with E-state index in [4.69, 9.17) is 9.47 Å². The van der Waals surface area contributed by atoms with Crippen molar-refractivity contribution in [1.29, 1.82) is 0 Å². The van der Waals surface area contributed by atoms with E-state index in [9.17, 15) is 9.59 Å². The largest absolute Gasteiger partial charge is 0.490 e. The maximum Gasteiger partial charge on any atom is 0.329 e. The average Bonchev–Trinajstić information content (AvgIpc) is 2.96. The van der Waals surface area contributed by atoms with Crippen LogP contribution >= 0.6 is 15.9 Å². The minimum atomic E-state index is -0.443. The van der Waals surface area contributed by atoms with Crippen LogP contribution < -0.4 is 14.8 Å². The number of hydrogen-bond acceptors (Lipinski definition) is 4. The summed E-state index contributed by atoms with van der Waals surface area (Å²) in [7, 11) is 0. The molecule has 1 N–H and O–H groups in total. The zero-order chi connectivity index (χ0) is 21.7. The first-order chi connectivity index (χ1) is 14.4. The smallest absolute Gasteiger partial charge is 0.329 e. The molecule has 1 heterocycles. The number of aryl methyl sites for hydroxylation is 1. The molecule has 2 aromatic rings. The van der Waals surface area contributed by atoms with Gasteiger partial charge in [0.15, 0.2) is 11.5 Å². The van der Waals surface area contributed by atoms with Crippen LogP contribution in [0.2, 0.25) is 0 Å². The number of rotatable bonds is 8. The molecule has 3 rings (SSSR count). The molecule has 1 saturated heterocycles. The zero-order valence-electron chi connectivity index (χ0n) is 16.9. The molecular formula is C23H23BrN2O4. The van der Waals surface area contributed by atoms with Gasteiger partial charge < -0.3 is 14.8 Å². The lowest BCUT2D eigenvalue weighted by Gasteiger charge is -2.14. The standard InChI is InChI=1S/C23H23BrN2O4/c1-4-10-30-21-18(24)11-17(13-20(21)29-5-2)12-19-22(27)26(23(28)25-19)14-16-8-6-15(3)7-9-16/h4,6-9,11-13H,1,5,10,14H2,2-3H3,(H,25,28)/b19-12+. The van der Waals surface area contributed by atoms with E-state index in [-0.39, 0.29) is 18.1 Å². The van der Waals surface area contributed by atoms with Crippen LogP contribution in [0.25, 0.3) is 6.08 Å². The van der Waals surface area contributed by atoms with Gasteiger partial charge in [-0.15, -0.1) is 0 Å². The second kappa shape index (κ2) is 9.63. The Morgan fingerprint density at radius 1 is 1.17 bits per heavy atom. The van der Waals surface area contributed by atoms with Crippen molar-refractivity contribution in [2.75, 3.05) is 13.2 Å². The van der Waals surface area contributed by atoms with Crippen molar-refractivity contribution in [2.24, 2.45) is 0 Å². The van der Waals surface area contributed by atoms with Gasteiger partial charge in [0.25, 0.3) is 5.91 Å². The SMILES string of the molecule is C=CCOc1c(Br)cc(/C=C2/NC(=O)N(Cc3ccc(C)cc3)C2=O)cc1OCC. The molecule has 0 aromatic heterocycles. The summed E-state index contributed by atoms with van der Waals surface area (Å²) in [5.74, 6) is 0.720. The van der Waals surface area contributed by atoms with E-state index in [0.29, 0.717) is 34.7 Å². The van der Waals surface area contributed by atoms with Gasteiger partial charge in [-0.05, 0) is 59.1 Å². The number of nitrogens with zero attached hydrogens (tertiary/aromatic N) is 1. The minimum Gasteiger partial charge on any atom is -0.490 e. The quantitative estimate of drug-likeness (QED) is 0.341. The fraction of sp³-hybridized carbons (Fsp3) is 0.217. The third-order valence-electron chi connectivity index (χ3n) is 4.41. The second-order valence-electron chi connectivity index (χ2n) is 6.73. The Hall–Kier alpha value is -3.06. The third kappa shape index (κ3) is 4.91. The number of halogens is 1. The number of carbonyl (C=O) groups is 2. The summed E-state index contributed by atoms with van der Waals surface area (Å²) >= 11 is 3.49. The van der Waals surface area contributed by atoms with E-state index in [1.807, 2.05) is 38.1 Å². The summed E-state index contributed by atoms with van der Waals surface area (Å²) in [6, 6.07) is 10.8. The van der Waals surface area contributed by atoms with Gasteiger partial charge >= 0.3 is 6.03 Å². The molecule has 6 nitrogen and oxygen atoms in total. The summed E-state index contributed by atoms with van der Waals surface area (Å²) in [6.07, 6.45) is 3.27. The molecule has 2 aromatic carbocycles. The molecule has 156 valence electrons. The Balaban J connectivity index is 1.85. The summed E-state index contributed by atoms with van der Waals surface area (Å²) in [5, 5.41) is 2.65. The van der Waals surface area contributed by atoms with Gasteiger partial charge in [0.2, 0.25) is 0 Å². The van der Waals surface area contributed by atoms with Crippen molar-refractivity contribution in [1.82, 2.24) is 10.2 Å². The van der Waals surface area contributed by atoms with Gasteiger partial charge in [-0.1, -0.05) is 42.5 Å². The second-order valence-corrected chi connectivity index (χ2v) is 7.58. The van der Waals surface area contributed by atoms with Gasteiger partial charge in [0.05, 0.1) is 17.6 Å². The van der Waals surface area contributed by atoms with Crippen LogP contribution in [0.1, 0.15) is 23.6 Å².